The number of unbranched alkanes of at least 4 members (excludes halogenated alkanes) is 3. The molecule has 1 heterocycles. The lowest BCUT2D eigenvalue weighted by Gasteiger charge is -2.37. The fraction of sp³-hybridized carbons (Fsp3) is 0.808. The normalized spacial score (nSPS) is 29.0. The van der Waals surface area contributed by atoms with E-state index in [2.05, 4.69) is 32.2 Å². The first-order valence-electron chi connectivity index (χ1n) is 12.2. The van der Waals surface area contributed by atoms with Crippen LogP contribution in [0.4, 0.5) is 0 Å². The predicted molar refractivity (Wildman–Crippen MR) is 117 cm³/mol. The van der Waals surface area contributed by atoms with Crippen molar-refractivity contribution in [2.45, 2.75) is 116 Å². The lowest BCUT2D eigenvalue weighted by molar-refractivity contribution is 0.155. The van der Waals surface area contributed by atoms with Crippen molar-refractivity contribution >= 4 is 0 Å². The quantitative estimate of drug-likeness (QED) is 0.401. The predicted octanol–water partition coefficient (Wildman–Crippen LogP) is 8.08. The second kappa shape index (κ2) is 11.2. The van der Waals surface area contributed by atoms with Gasteiger partial charge in [0.25, 0.3) is 0 Å². The highest BCUT2D eigenvalue weighted by molar-refractivity contribution is 5.17. The second-order valence-corrected chi connectivity index (χ2v) is 9.58. The van der Waals surface area contributed by atoms with E-state index in [4.69, 9.17) is 4.98 Å². The van der Waals surface area contributed by atoms with Gasteiger partial charge in [0.15, 0.2) is 0 Å². The molecule has 0 bridgehead atoms. The number of aryl methyl sites for hydroxylation is 1. The summed E-state index contributed by atoms with van der Waals surface area (Å²) in [5.74, 6) is 3.84. The summed E-state index contributed by atoms with van der Waals surface area (Å²) in [6.45, 7) is 4.61. The van der Waals surface area contributed by atoms with Crippen molar-refractivity contribution in [1.82, 2.24) is 4.98 Å². The van der Waals surface area contributed by atoms with E-state index in [-0.39, 0.29) is 0 Å². The van der Waals surface area contributed by atoms with E-state index < -0.39 is 0 Å². The van der Waals surface area contributed by atoms with Crippen LogP contribution in [-0.2, 0) is 6.42 Å². The summed E-state index contributed by atoms with van der Waals surface area (Å²) in [5.41, 5.74) is 2.80. The molecule has 1 aromatic heterocycles. The summed E-state index contributed by atoms with van der Waals surface area (Å²) in [6, 6.07) is 4.69. The first-order chi connectivity index (χ1) is 13.3. The minimum absolute atomic E-state index is 0.729. The maximum atomic E-state index is 4.86. The van der Waals surface area contributed by atoms with E-state index in [1.54, 1.807) is 0 Å². The average Bonchev–Trinajstić information content (AvgIpc) is 2.73. The SMILES string of the molecule is CCCCCc1ccc([C@H]2CC[C@H]([C@H]3CC[C@H](CCCC)CC3)CC2)nc1. The fourth-order valence-corrected chi connectivity index (χ4v) is 5.73. The zero-order valence-electron chi connectivity index (χ0n) is 18.1. The first kappa shape index (κ1) is 20.9. The van der Waals surface area contributed by atoms with Gasteiger partial charge in [-0.3, -0.25) is 4.98 Å². The molecule has 2 fully saturated rings. The number of nitrogens with zero attached hydrogens (tertiary/aromatic N) is 1. The fourth-order valence-electron chi connectivity index (χ4n) is 5.73. The van der Waals surface area contributed by atoms with Crippen molar-refractivity contribution in [1.29, 1.82) is 0 Å². The van der Waals surface area contributed by atoms with Crippen molar-refractivity contribution < 1.29 is 0 Å². The summed E-state index contributed by atoms with van der Waals surface area (Å²) < 4.78 is 0. The number of pyridine rings is 1. The van der Waals surface area contributed by atoms with Gasteiger partial charge in [0, 0.05) is 17.8 Å². The van der Waals surface area contributed by atoms with Crippen LogP contribution in [0.1, 0.15) is 121 Å². The highest BCUT2D eigenvalue weighted by Gasteiger charge is 2.31. The zero-order chi connectivity index (χ0) is 18.9. The largest absolute Gasteiger partial charge is 0.261 e. The number of aromatic nitrogens is 1. The molecule has 27 heavy (non-hydrogen) atoms. The molecule has 0 atom stereocenters. The van der Waals surface area contributed by atoms with Crippen molar-refractivity contribution in [3.63, 3.8) is 0 Å². The Morgan fingerprint density at radius 2 is 1.44 bits per heavy atom. The summed E-state index contributed by atoms with van der Waals surface area (Å²) in [5, 5.41) is 0. The Hall–Kier alpha value is -0.850. The van der Waals surface area contributed by atoms with E-state index in [1.165, 1.54) is 108 Å². The topological polar surface area (TPSA) is 12.9 Å². The van der Waals surface area contributed by atoms with E-state index in [0.717, 1.165) is 23.7 Å². The maximum absolute atomic E-state index is 4.86. The highest BCUT2D eigenvalue weighted by Crippen LogP contribution is 2.44. The number of hydrogen-bond acceptors (Lipinski definition) is 1. The Morgan fingerprint density at radius 1 is 0.778 bits per heavy atom. The Morgan fingerprint density at radius 3 is 2.04 bits per heavy atom. The molecular formula is C26H43N. The van der Waals surface area contributed by atoms with Gasteiger partial charge in [0.1, 0.15) is 0 Å². The maximum Gasteiger partial charge on any atom is 0.0434 e. The van der Waals surface area contributed by atoms with Crippen LogP contribution in [-0.4, -0.2) is 4.98 Å². The van der Waals surface area contributed by atoms with Crippen molar-refractivity contribution in [2.75, 3.05) is 0 Å². The van der Waals surface area contributed by atoms with Crippen LogP contribution in [0.3, 0.4) is 0 Å². The van der Waals surface area contributed by atoms with Crippen LogP contribution in [0.2, 0.25) is 0 Å². The third-order valence-corrected chi connectivity index (χ3v) is 7.63. The van der Waals surface area contributed by atoms with Gasteiger partial charge >= 0.3 is 0 Å². The van der Waals surface area contributed by atoms with Crippen molar-refractivity contribution in [3.8, 4) is 0 Å². The van der Waals surface area contributed by atoms with Gasteiger partial charge in [-0.05, 0) is 80.8 Å². The number of hydrogen-bond donors (Lipinski definition) is 0. The second-order valence-electron chi connectivity index (χ2n) is 9.58. The van der Waals surface area contributed by atoms with Gasteiger partial charge in [-0.2, -0.15) is 0 Å². The molecule has 0 N–H and O–H groups in total. The number of rotatable bonds is 9. The highest BCUT2D eigenvalue weighted by atomic mass is 14.7. The smallest absolute Gasteiger partial charge is 0.0434 e. The molecule has 3 rings (SSSR count). The van der Waals surface area contributed by atoms with Gasteiger partial charge in [-0.1, -0.05) is 64.9 Å². The van der Waals surface area contributed by atoms with E-state index in [1.807, 2.05) is 0 Å². The molecule has 0 unspecified atom stereocenters. The summed E-state index contributed by atoms with van der Waals surface area (Å²) in [4.78, 5) is 4.86. The Kier molecular flexibility index (Phi) is 8.68. The lowest BCUT2D eigenvalue weighted by atomic mass is 9.68. The van der Waals surface area contributed by atoms with E-state index >= 15 is 0 Å². The van der Waals surface area contributed by atoms with Crippen molar-refractivity contribution in [2.24, 2.45) is 17.8 Å². The van der Waals surface area contributed by atoms with Crippen LogP contribution in [0.15, 0.2) is 18.3 Å². The standard InChI is InChI=1S/C26H43N/c1-3-5-7-9-22-12-19-26(27-20-22)25-17-15-24(16-18-25)23-13-10-21(11-14-23)8-6-4-2/h12,19-21,23-25H,3-11,13-18H2,1-2H3/t21-,23-,24-,25-. The van der Waals surface area contributed by atoms with Crippen LogP contribution in [0.25, 0.3) is 0 Å². The summed E-state index contributed by atoms with van der Waals surface area (Å²) in [7, 11) is 0. The molecule has 152 valence electrons. The van der Waals surface area contributed by atoms with Gasteiger partial charge in [0.05, 0.1) is 0 Å². The van der Waals surface area contributed by atoms with Crippen molar-refractivity contribution in [3.05, 3.63) is 29.6 Å². The molecule has 1 heteroatoms. The molecule has 0 saturated heterocycles. The molecule has 1 aromatic rings. The average molecular weight is 370 g/mol. The zero-order valence-corrected chi connectivity index (χ0v) is 18.1. The summed E-state index contributed by atoms with van der Waals surface area (Å²) in [6.07, 6.45) is 23.4. The monoisotopic (exact) mass is 369 g/mol. The Balaban J connectivity index is 1.40. The minimum Gasteiger partial charge on any atom is -0.261 e. The molecule has 0 spiro atoms. The van der Waals surface area contributed by atoms with Crippen LogP contribution < -0.4 is 0 Å². The van der Waals surface area contributed by atoms with Gasteiger partial charge < -0.3 is 0 Å². The molecule has 0 radical (unpaired) electrons. The molecule has 2 aliphatic carbocycles. The molecule has 0 aromatic carbocycles. The third kappa shape index (κ3) is 6.33. The molecule has 2 saturated carbocycles. The van der Waals surface area contributed by atoms with Crippen LogP contribution in [0.5, 0.6) is 0 Å². The molecule has 0 amide bonds. The van der Waals surface area contributed by atoms with E-state index in [0.29, 0.717) is 0 Å². The lowest BCUT2D eigenvalue weighted by Crippen LogP contribution is -2.25. The Bertz CT molecular complexity index is 504. The van der Waals surface area contributed by atoms with E-state index in [9.17, 15) is 0 Å². The van der Waals surface area contributed by atoms with Crippen LogP contribution in [0, 0.1) is 17.8 Å². The van der Waals surface area contributed by atoms with Gasteiger partial charge in [-0.15, -0.1) is 0 Å². The molecule has 2 aliphatic rings. The molecule has 1 nitrogen and oxygen atoms in total. The van der Waals surface area contributed by atoms with Gasteiger partial charge in [-0.25, -0.2) is 0 Å². The third-order valence-electron chi connectivity index (χ3n) is 7.63. The first-order valence-corrected chi connectivity index (χ1v) is 12.2. The molecule has 0 aliphatic heterocycles. The van der Waals surface area contributed by atoms with Crippen LogP contribution >= 0.6 is 0 Å². The molecular weight excluding hydrogens is 326 g/mol. The Labute approximate surface area is 168 Å². The van der Waals surface area contributed by atoms with Gasteiger partial charge in [0.2, 0.25) is 0 Å². The summed E-state index contributed by atoms with van der Waals surface area (Å²) >= 11 is 0. The minimum atomic E-state index is 0.729.